The highest BCUT2D eigenvalue weighted by molar-refractivity contribution is 7.13. The predicted octanol–water partition coefficient (Wildman–Crippen LogP) is 2.23. The van der Waals surface area contributed by atoms with Crippen LogP contribution >= 0.6 is 11.3 Å². The van der Waals surface area contributed by atoms with Crippen LogP contribution in [-0.2, 0) is 6.54 Å². The first kappa shape index (κ1) is 12.0. The summed E-state index contributed by atoms with van der Waals surface area (Å²) in [5, 5.41) is 12.2. The Kier molecular flexibility index (Phi) is 3.71. The summed E-state index contributed by atoms with van der Waals surface area (Å²) in [4.78, 5) is 10.7. The van der Waals surface area contributed by atoms with Gasteiger partial charge >= 0.3 is 0 Å². The third-order valence-corrected chi connectivity index (χ3v) is 3.36. The van der Waals surface area contributed by atoms with E-state index in [2.05, 4.69) is 9.97 Å². The largest absolute Gasteiger partial charge is 0.387 e. The molecule has 1 unspecified atom stereocenters. The Morgan fingerprint density at radius 3 is 2.88 bits per heavy atom. The van der Waals surface area contributed by atoms with Crippen molar-refractivity contribution in [3.63, 3.8) is 0 Å². The lowest BCUT2D eigenvalue weighted by atomic mass is 10.3. The first-order valence-electron chi connectivity index (χ1n) is 5.41. The molecule has 2 heterocycles. The average Bonchev–Trinajstić information content (AvgIpc) is 2.79. The number of aliphatic hydroxyl groups excluding tert-OH is 1. The molecule has 0 saturated heterocycles. The van der Waals surface area contributed by atoms with E-state index in [0.717, 1.165) is 16.5 Å². The maximum atomic E-state index is 9.42. The minimum atomic E-state index is -0.511. The third kappa shape index (κ3) is 3.01. The zero-order chi connectivity index (χ0) is 12.3. The Bertz CT molecular complexity index is 470. The highest BCUT2D eigenvalue weighted by atomic mass is 32.1. The van der Waals surface area contributed by atoms with Crippen LogP contribution < -0.4 is 4.90 Å². The summed E-state index contributed by atoms with van der Waals surface area (Å²) < 4.78 is 0. The minimum Gasteiger partial charge on any atom is -0.387 e. The zero-order valence-corrected chi connectivity index (χ0v) is 10.7. The molecule has 0 spiro atoms. The van der Waals surface area contributed by atoms with Gasteiger partial charge in [-0.2, -0.15) is 0 Å². The Morgan fingerprint density at radius 2 is 2.29 bits per heavy atom. The van der Waals surface area contributed by atoms with E-state index < -0.39 is 6.10 Å². The van der Waals surface area contributed by atoms with Gasteiger partial charge in [-0.15, -0.1) is 11.3 Å². The van der Waals surface area contributed by atoms with E-state index >= 15 is 0 Å². The number of pyridine rings is 1. The van der Waals surface area contributed by atoms with Crippen LogP contribution in [0.2, 0.25) is 0 Å². The number of aliphatic hydroxyl groups is 1. The number of nitrogens with zero attached hydrogens (tertiary/aromatic N) is 3. The molecular weight excluding hydrogens is 234 g/mol. The van der Waals surface area contributed by atoms with Crippen molar-refractivity contribution >= 4 is 16.5 Å². The maximum Gasteiger partial charge on any atom is 0.185 e. The van der Waals surface area contributed by atoms with Crippen molar-refractivity contribution in [2.75, 3.05) is 11.9 Å². The second kappa shape index (κ2) is 5.25. The van der Waals surface area contributed by atoms with Gasteiger partial charge in [0.25, 0.3) is 0 Å². The number of rotatable bonds is 4. The van der Waals surface area contributed by atoms with Crippen molar-refractivity contribution in [2.24, 2.45) is 0 Å². The fraction of sp³-hybridized carbons (Fsp3) is 0.333. The van der Waals surface area contributed by atoms with Gasteiger partial charge < -0.3 is 10.0 Å². The van der Waals surface area contributed by atoms with Gasteiger partial charge in [0, 0.05) is 18.6 Å². The summed E-state index contributed by atoms with van der Waals surface area (Å²) in [6.07, 6.45) is 1.27. The van der Waals surface area contributed by atoms with Gasteiger partial charge in [-0.25, -0.2) is 4.98 Å². The van der Waals surface area contributed by atoms with Crippen molar-refractivity contribution in [2.45, 2.75) is 19.6 Å². The van der Waals surface area contributed by atoms with Crippen LogP contribution in [0.5, 0.6) is 0 Å². The smallest absolute Gasteiger partial charge is 0.185 e. The molecule has 0 fully saturated rings. The molecule has 5 heteroatoms. The third-order valence-electron chi connectivity index (χ3n) is 2.39. The fourth-order valence-electron chi connectivity index (χ4n) is 1.45. The standard InChI is InChI=1S/C12H15N3OS/c1-9(16)11-8-17-12(14-11)15(2)7-10-5-3-4-6-13-10/h3-6,8-9,16H,7H2,1-2H3. The molecular formula is C12H15N3OS. The number of aromatic nitrogens is 2. The van der Waals surface area contributed by atoms with Crippen molar-refractivity contribution < 1.29 is 5.11 Å². The molecule has 1 N–H and O–H groups in total. The molecule has 90 valence electrons. The Hall–Kier alpha value is -1.46. The average molecular weight is 249 g/mol. The first-order chi connectivity index (χ1) is 8.16. The summed E-state index contributed by atoms with van der Waals surface area (Å²) in [6.45, 7) is 2.44. The van der Waals surface area contributed by atoms with E-state index in [-0.39, 0.29) is 0 Å². The molecule has 2 aromatic rings. The molecule has 0 saturated carbocycles. The van der Waals surface area contributed by atoms with Crippen molar-refractivity contribution in [1.29, 1.82) is 0 Å². The molecule has 0 radical (unpaired) electrons. The zero-order valence-electron chi connectivity index (χ0n) is 9.87. The van der Waals surface area contributed by atoms with E-state index in [1.807, 2.05) is 35.5 Å². The van der Waals surface area contributed by atoms with Gasteiger partial charge in [-0.05, 0) is 19.1 Å². The van der Waals surface area contributed by atoms with Crippen LogP contribution in [0.4, 0.5) is 5.13 Å². The van der Waals surface area contributed by atoms with Crippen LogP contribution in [0.25, 0.3) is 0 Å². The second-order valence-electron chi connectivity index (χ2n) is 3.91. The Balaban J connectivity index is 2.07. The molecule has 2 rings (SSSR count). The van der Waals surface area contributed by atoms with E-state index in [0.29, 0.717) is 6.54 Å². The van der Waals surface area contributed by atoms with Gasteiger partial charge in [0.2, 0.25) is 0 Å². The SMILES string of the molecule is CC(O)c1csc(N(C)Cc2ccccn2)n1. The van der Waals surface area contributed by atoms with Crippen LogP contribution in [-0.4, -0.2) is 22.1 Å². The molecule has 17 heavy (non-hydrogen) atoms. The van der Waals surface area contributed by atoms with Gasteiger partial charge in [0.15, 0.2) is 5.13 Å². The quantitative estimate of drug-likeness (QED) is 0.902. The maximum absolute atomic E-state index is 9.42. The lowest BCUT2D eigenvalue weighted by molar-refractivity contribution is 0.195. The second-order valence-corrected chi connectivity index (χ2v) is 4.74. The molecule has 4 nitrogen and oxygen atoms in total. The normalized spacial score (nSPS) is 12.4. The van der Waals surface area contributed by atoms with E-state index in [1.54, 1.807) is 13.1 Å². The molecule has 0 aliphatic carbocycles. The lowest BCUT2D eigenvalue weighted by Gasteiger charge is -2.14. The summed E-state index contributed by atoms with van der Waals surface area (Å²) in [7, 11) is 1.97. The summed E-state index contributed by atoms with van der Waals surface area (Å²) >= 11 is 1.53. The van der Waals surface area contributed by atoms with Gasteiger partial charge in [-0.3, -0.25) is 4.98 Å². The van der Waals surface area contributed by atoms with Crippen LogP contribution in [0.1, 0.15) is 24.4 Å². The van der Waals surface area contributed by atoms with E-state index in [9.17, 15) is 5.11 Å². The van der Waals surface area contributed by atoms with Crippen LogP contribution in [0.15, 0.2) is 29.8 Å². The summed E-state index contributed by atoms with van der Waals surface area (Å²) in [5.41, 5.74) is 1.72. The number of anilines is 1. The molecule has 0 aliphatic heterocycles. The molecule has 2 aromatic heterocycles. The molecule has 1 atom stereocenters. The van der Waals surface area contributed by atoms with Gasteiger partial charge in [-0.1, -0.05) is 6.07 Å². The number of thiazole rings is 1. The fourth-order valence-corrected chi connectivity index (χ4v) is 2.32. The lowest BCUT2D eigenvalue weighted by Crippen LogP contribution is -2.17. The monoisotopic (exact) mass is 249 g/mol. The topological polar surface area (TPSA) is 49.2 Å². The van der Waals surface area contributed by atoms with Crippen molar-refractivity contribution in [1.82, 2.24) is 9.97 Å². The van der Waals surface area contributed by atoms with Gasteiger partial charge in [0.1, 0.15) is 0 Å². The first-order valence-corrected chi connectivity index (χ1v) is 6.29. The summed E-state index contributed by atoms with van der Waals surface area (Å²) in [6, 6.07) is 5.86. The molecule has 0 aliphatic rings. The molecule has 0 aromatic carbocycles. The van der Waals surface area contributed by atoms with Gasteiger partial charge in [0.05, 0.1) is 24.0 Å². The minimum absolute atomic E-state index is 0.511. The molecule has 0 bridgehead atoms. The molecule has 0 amide bonds. The summed E-state index contributed by atoms with van der Waals surface area (Å²) in [5.74, 6) is 0. The number of hydrogen-bond donors (Lipinski definition) is 1. The van der Waals surface area contributed by atoms with E-state index in [4.69, 9.17) is 0 Å². The highest BCUT2D eigenvalue weighted by Gasteiger charge is 2.10. The Labute approximate surface area is 105 Å². The highest BCUT2D eigenvalue weighted by Crippen LogP contribution is 2.23. The van der Waals surface area contributed by atoms with Crippen LogP contribution in [0.3, 0.4) is 0 Å². The van der Waals surface area contributed by atoms with Crippen LogP contribution in [0, 0.1) is 0 Å². The van der Waals surface area contributed by atoms with Crippen molar-refractivity contribution in [3.8, 4) is 0 Å². The van der Waals surface area contributed by atoms with E-state index in [1.165, 1.54) is 11.3 Å². The number of hydrogen-bond acceptors (Lipinski definition) is 5. The Morgan fingerprint density at radius 1 is 1.47 bits per heavy atom. The van der Waals surface area contributed by atoms with Crippen molar-refractivity contribution in [3.05, 3.63) is 41.2 Å². The predicted molar refractivity (Wildman–Crippen MR) is 69.1 cm³/mol.